The fraction of sp³-hybridized carbons (Fsp3) is 0.200. The van der Waals surface area contributed by atoms with E-state index in [0.717, 1.165) is 5.56 Å². The van der Waals surface area contributed by atoms with Gasteiger partial charge in [0.05, 0.1) is 13.3 Å². The highest BCUT2D eigenvalue weighted by Gasteiger charge is 1.94. The highest BCUT2D eigenvalue weighted by Crippen LogP contribution is 2.02. The minimum absolute atomic E-state index is 1.16. The van der Waals surface area contributed by atoms with E-state index < -0.39 is 0 Å². The summed E-state index contributed by atoms with van der Waals surface area (Å²) in [6, 6.07) is 8.10. The molecule has 0 unspecified atom stereocenters. The van der Waals surface area contributed by atoms with Crippen molar-refractivity contribution in [2.45, 2.75) is 6.92 Å². The lowest BCUT2D eigenvalue weighted by atomic mass is 10.1. The van der Waals surface area contributed by atoms with E-state index in [2.05, 4.69) is 13.0 Å². The fourth-order valence-corrected chi connectivity index (χ4v) is 0.988. The molecule has 0 bridgehead atoms. The number of nitrogens with zero attached hydrogens (tertiary/aromatic N) is 1. The molecule has 0 atom stereocenters. The average molecular weight is 161 g/mol. The van der Waals surface area contributed by atoms with E-state index in [1.165, 1.54) is 11.9 Å². The van der Waals surface area contributed by atoms with Gasteiger partial charge in [0.15, 0.2) is 0 Å². The van der Waals surface area contributed by atoms with Gasteiger partial charge in [-0.25, -0.2) is 4.58 Å². The zero-order valence-corrected chi connectivity index (χ0v) is 7.41. The van der Waals surface area contributed by atoms with Gasteiger partial charge in [0, 0.05) is 5.56 Å². The number of benzene rings is 1. The van der Waals surface area contributed by atoms with Gasteiger partial charge in [-0.15, -0.1) is 5.41 Å². The molecule has 1 N–H and O–H groups in total. The van der Waals surface area contributed by atoms with Crippen LogP contribution < -0.4 is 0 Å². The first-order valence-electron chi connectivity index (χ1n) is 3.87. The zero-order valence-electron chi connectivity index (χ0n) is 7.41. The lowest BCUT2D eigenvalue weighted by Crippen LogP contribution is -2.04. The zero-order chi connectivity index (χ0) is 8.97. The van der Waals surface area contributed by atoms with Crippen molar-refractivity contribution in [2.75, 3.05) is 7.05 Å². The SMILES string of the molecule is Cc1ccccc1C=[N+](C)C=N. The molecule has 0 aliphatic carbocycles. The van der Waals surface area contributed by atoms with Crippen molar-refractivity contribution in [1.29, 1.82) is 5.41 Å². The van der Waals surface area contributed by atoms with E-state index in [-0.39, 0.29) is 0 Å². The van der Waals surface area contributed by atoms with E-state index in [0.29, 0.717) is 0 Å². The third kappa shape index (κ3) is 2.02. The first-order valence-corrected chi connectivity index (χ1v) is 3.87. The molecule has 0 saturated heterocycles. The average Bonchev–Trinajstić information content (AvgIpc) is 2.09. The second-order valence-corrected chi connectivity index (χ2v) is 2.78. The van der Waals surface area contributed by atoms with Crippen LogP contribution in [0.5, 0.6) is 0 Å². The molecule has 62 valence electrons. The summed E-state index contributed by atoms with van der Waals surface area (Å²) in [6.07, 6.45) is 3.22. The molecular weight excluding hydrogens is 148 g/mol. The Balaban J connectivity index is 3.04. The fourth-order valence-electron chi connectivity index (χ4n) is 0.988. The van der Waals surface area contributed by atoms with Crippen LogP contribution in [0.1, 0.15) is 11.1 Å². The maximum atomic E-state index is 7.00. The topological polar surface area (TPSA) is 26.9 Å². The highest BCUT2D eigenvalue weighted by atomic mass is 15.0. The summed E-state index contributed by atoms with van der Waals surface area (Å²) in [5, 5.41) is 7.00. The molecule has 1 rings (SSSR count). The minimum atomic E-state index is 1.16. The van der Waals surface area contributed by atoms with Crippen molar-refractivity contribution >= 4 is 12.6 Å². The molecule has 2 nitrogen and oxygen atoms in total. The summed E-state index contributed by atoms with van der Waals surface area (Å²) < 4.78 is 1.72. The molecular formula is C10H13N2+. The first-order chi connectivity index (χ1) is 5.74. The Bertz CT molecular complexity index is 313. The summed E-state index contributed by atoms with van der Waals surface area (Å²) in [5.41, 5.74) is 2.38. The third-order valence-electron chi connectivity index (χ3n) is 1.73. The Labute approximate surface area is 72.7 Å². The predicted octanol–water partition coefficient (Wildman–Crippen LogP) is 1.66. The Morgan fingerprint density at radius 2 is 2.00 bits per heavy atom. The summed E-state index contributed by atoms with van der Waals surface area (Å²) in [6.45, 7) is 2.06. The van der Waals surface area contributed by atoms with Crippen molar-refractivity contribution in [3.8, 4) is 0 Å². The van der Waals surface area contributed by atoms with Gasteiger partial charge in [0.2, 0.25) is 0 Å². The lowest BCUT2D eigenvalue weighted by molar-refractivity contribution is -0.355. The van der Waals surface area contributed by atoms with Gasteiger partial charge in [0.1, 0.15) is 0 Å². The molecule has 0 spiro atoms. The third-order valence-corrected chi connectivity index (χ3v) is 1.73. The van der Waals surface area contributed by atoms with E-state index in [1.807, 2.05) is 31.5 Å². The summed E-state index contributed by atoms with van der Waals surface area (Å²) in [4.78, 5) is 0. The lowest BCUT2D eigenvalue weighted by Gasteiger charge is -1.97. The number of aryl methyl sites for hydroxylation is 1. The summed E-state index contributed by atoms with van der Waals surface area (Å²) in [7, 11) is 1.85. The Morgan fingerprint density at radius 1 is 1.33 bits per heavy atom. The largest absolute Gasteiger partial charge is 0.276 e. The molecule has 12 heavy (non-hydrogen) atoms. The maximum absolute atomic E-state index is 7.00. The number of hydrogen-bond acceptors (Lipinski definition) is 1. The molecule has 0 aromatic heterocycles. The normalized spacial score (nSPS) is 11.3. The molecule has 1 aromatic rings. The van der Waals surface area contributed by atoms with Gasteiger partial charge in [-0.3, -0.25) is 0 Å². The van der Waals surface area contributed by atoms with Crippen LogP contribution in [0.3, 0.4) is 0 Å². The van der Waals surface area contributed by atoms with Gasteiger partial charge in [-0.05, 0) is 12.5 Å². The monoisotopic (exact) mass is 161 g/mol. The van der Waals surface area contributed by atoms with Gasteiger partial charge in [0.25, 0.3) is 6.34 Å². The van der Waals surface area contributed by atoms with Crippen LogP contribution in [0.4, 0.5) is 0 Å². The standard InChI is InChI=1S/C10H13N2/c1-9-5-3-4-6-10(9)7-12(2)8-11/h3-8,11H,1-2H3/q+1. The Kier molecular flexibility index (Phi) is 2.75. The minimum Gasteiger partial charge on any atom is -0.240 e. The van der Waals surface area contributed by atoms with E-state index in [9.17, 15) is 0 Å². The molecule has 0 fully saturated rings. The van der Waals surface area contributed by atoms with Crippen molar-refractivity contribution in [2.24, 2.45) is 0 Å². The molecule has 0 aliphatic heterocycles. The highest BCUT2D eigenvalue weighted by molar-refractivity contribution is 5.79. The number of nitrogens with one attached hydrogen (secondary N) is 1. The molecule has 1 aromatic carbocycles. The number of hydrogen-bond donors (Lipinski definition) is 1. The van der Waals surface area contributed by atoms with Gasteiger partial charge in [-0.1, -0.05) is 24.3 Å². The molecule has 0 heterocycles. The summed E-state index contributed by atoms with van der Waals surface area (Å²) in [5.74, 6) is 0. The Hall–Kier alpha value is -1.44. The van der Waals surface area contributed by atoms with E-state index >= 15 is 0 Å². The van der Waals surface area contributed by atoms with Gasteiger partial charge in [-0.2, -0.15) is 0 Å². The molecule has 0 radical (unpaired) electrons. The second-order valence-electron chi connectivity index (χ2n) is 2.78. The van der Waals surface area contributed by atoms with Crippen LogP contribution in [0.25, 0.3) is 0 Å². The van der Waals surface area contributed by atoms with Gasteiger partial charge < -0.3 is 0 Å². The summed E-state index contributed by atoms with van der Waals surface area (Å²) >= 11 is 0. The van der Waals surface area contributed by atoms with Crippen LogP contribution in [-0.4, -0.2) is 24.2 Å². The van der Waals surface area contributed by atoms with Crippen LogP contribution in [0.2, 0.25) is 0 Å². The smallest absolute Gasteiger partial charge is 0.240 e. The van der Waals surface area contributed by atoms with Crippen LogP contribution in [0, 0.1) is 12.3 Å². The molecule has 0 aliphatic rings. The molecule has 0 amide bonds. The second kappa shape index (κ2) is 3.81. The first kappa shape index (κ1) is 8.65. The molecule has 0 saturated carbocycles. The quantitative estimate of drug-likeness (QED) is 0.388. The van der Waals surface area contributed by atoms with E-state index in [4.69, 9.17) is 5.41 Å². The molecule has 2 heteroatoms. The van der Waals surface area contributed by atoms with Crippen LogP contribution in [0.15, 0.2) is 24.3 Å². The van der Waals surface area contributed by atoms with Gasteiger partial charge >= 0.3 is 0 Å². The predicted molar refractivity (Wildman–Crippen MR) is 51.3 cm³/mol. The van der Waals surface area contributed by atoms with Crippen LogP contribution >= 0.6 is 0 Å². The van der Waals surface area contributed by atoms with Crippen molar-refractivity contribution in [1.82, 2.24) is 0 Å². The van der Waals surface area contributed by atoms with Crippen LogP contribution in [-0.2, 0) is 0 Å². The van der Waals surface area contributed by atoms with Crippen molar-refractivity contribution in [3.05, 3.63) is 35.4 Å². The van der Waals surface area contributed by atoms with Crippen molar-refractivity contribution in [3.63, 3.8) is 0 Å². The van der Waals surface area contributed by atoms with Crippen molar-refractivity contribution < 1.29 is 4.58 Å². The maximum Gasteiger partial charge on any atom is 0.276 e. The Morgan fingerprint density at radius 3 is 2.58 bits per heavy atom. The van der Waals surface area contributed by atoms with E-state index in [1.54, 1.807) is 4.58 Å². The number of rotatable bonds is 2.